The van der Waals surface area contributed by atoms with Gasteiger partial charge in [-0.05, 0) is 12.1 Å². The second kappa shape index (κ2) is 6.55. The lowest BCUT2D eigenvalue weighted by Crippen LogP contribution is -2.00. The van der Waals surface area contributed by atoms with Crippen LogP contribution in [0, 0.1) is 0 Å². The third kappa shape index (κ3) is 4.79. The Labute approximate surface area is 107 Å². The molecule has 0 atom stereocenters. The van der Waals surface area contributed by atoms with Gasteiger partial charge in [0.05, 0.1) is 23.1 Å². The predicted octanol–water partition coefficient (Wildman–Crippen LogP) is 1.81. The fourth-order valence-electron chi connectivity index (χ4n) is 1.10. The van der Waals surface area contributed by atoms with Crippen molar-refractivity contribution in [2.24, 2.45) is 0 Å². The van der Waals surface area contributed by atoms with Crippen LogP contribution >= 0.6 is 11.3 Å². The molecule has 0 amide bonds. The van der Waals surface area contributed by atoms with Crippen LogP contribution in [-0.4, -0.2) is 27.1 Å². The van der Waals surface area contributed by atoms with Crippen molar-refractivity contribution >= 4 is 38.6 Å². The summed E-state index contributed by atoms with van der Waals surface area (Å²) in [6.45, 7) is 0. The van der Waals surface area contributed by atoms with E-state index in [1.54, 1.807) is 0 Å². The van der Waals surface area contributed by atoms with Crippen LogP contribution in [0.4, 0.5) is 5.13 Å². The number of aliphatic carboxylic acids is 2. The minimum Gasteiger partial charge on any atom is -0.481 e. The van der Waals surface area contributed by atoms with Gasteiger partial charge in [-0.25, -0.2) is 4.98 Å². The Morgan fingerprint density at radius 3 is 2.22 bits per heavy atom. The van der Waals surface area contributed by atoms with E-state index in [1.807, 2.05) is 24.3 Å². The SMILES string of the molecule is Nc1nc2ccccc2s1.O=C(O)CCC(=O)O. The molecule has 7 heteroatoms. The number of para-hydroxylation sites is 1. The van der Waals surface area contributed by atoms with Crippen molar-refractivity contribution in [1.82, 2.24) is 4.98 Å². The summed E-state index contributed by atoms with van der Waals surface area (Å²) in [6.07, 6.45) is -0.593. The highest BCUT2D eigenvalue weighted by molar-refractivity contribution is 7.22. The zero-order valence-corrected chi connectivity index (χ0v) is 10.2. The standard InChI is InChI=1S/C7H6N2S.C4H6O4/c8-7-9-5-3-1-2-4-6(5)10-7;5-3(6)1-2-4(7)8/h1-4H,(H2,8,9);1-2H2,(H,5,6)(H,7,8). The fourth-order valence-corrected chi connectivity index (χ4v) is 1.84. The first kappa shape index (κ1) is 13.9. The number of rotatable bonds is 3. The molecule has 0 radical (unpaired) electrons. The second-order valence-electron chi connectivity index (χ2n) is 3.31. The Kier molecular flexibility index (Phi) is 5.06. The van der Waals surface area contributed by atoms with Gasteiger partial charge in [0.2, 0.25) is 0 Å². The topological polar surface area (TPSA) is 114 Å². The van der Waals surface area contributed by atoms with Gasteiger partial charge in [-0.2, -0.15) is 0 Å². The molecule has 2 rings (SSSR count). The van der Waals surface area contributed by atoms with E-state index in [0.29, 0.717) is 5.13 Å². The Morgan fingerprint density at radius 2 is 1.72 bits per heavy atom. The van der Waals surface area contributed by atoms with E-state index in [-0.39, 0.29) is 12.8 Å². The lowest BCUT2D eigenvalue weighted by atomic mass is 10.3. The number of hydrogen-bond acceptors (Lipinski definition) is 5. The molecule has 0 saturated carbocycles. The largest absolute Gasteiger partial charge is 0.481 e. The Hall–Kier alpha value is -2.15. The van der Waals surface area contributed by atoms with Gasteiger partial charge < -0.3 is 15.9 Å². The number of thiazole rings is 1. The molecule has 1 heterocycles. The summed E-state index contributed by atoms with van der Waals surface area (Å²) in [6, 6.07) is 7.92. The van der Waals surface area contributed by atoms with Crippen molar-refractivity contribution in [3.05, 3.63) is 24.3 Å². The Bertz CT molecular complexity index is 506. The van der Waals surface area contributed by atoms with Crippen LogP contribution < -0.4 is 5.73 Å². The lowest BCUT2D eigenvalue weighted by Gasteiger charge is -1.85. The quantitative estimate of drug-likeness (QED) is 0.782. The molecule has 1 aromatic heterocycles. The molecule has 0 aliphatic rings. The first-order chi connectivity index (χ1) is 8.49. The van der Waals surface area contributed by atoms with Crippen molar-refractivity contribution in [2.75, 3.05) is 5.73 Å². The summed E-state index contributed by atoms with van der Waals surface area (Å²) in [7, 11) is 0. The van der Waals surface area contributed by atoms with Gasteiger partial charge in [-0.1, -0.05) is 23.5 Å². The number of nitrogens with two attached hydrogens (primary N) is 1. The first-order valence-electron chi connectivity index (χ1n) is 5.03. The molecule has 4 N–H and O–H groups in total. The molecule has 2 aromatic rings. The van der Waals surface area contributed by atoms with E-state index < -0.39 is 11.9 Å². The van der Waals surface area contributed by atoms with Crippen LogP contribution in [0.1, 0.15) is 12.8 Å². The van der Waals surface area contributed by atoms with Gasteiger partial charge in [0.15, 0.2) is 5.13 Å². The average Bonchev–Trinajstić information content (AvgIpc) is 2.67. The lowest BCUT2D eigenvalue weighted by molar-refractivity contribution is -0.143. The number of benzene rings is 1. The predicted molar refractivity (Wildman–Crippen MR) is 68.5 cm³/mol. The van der Waals surface area contributed by atoms with Crippen molar-refractivity contribution < 1.29 is 19.8 Å². The molecule has 0 aliphatic heterocycles. The molecule has 0 aliphatic carbocycles. The normalized spacial score (nSPS) is 9.56. The first-order valence-corrected chi connectivity index (χ1v) is 5.85. The molecule has 0 bridgehead atoms. The molecule has 6 nitrogen and oxygen atoms in total. The molecule has 96 valence electrons. The third-order valence-corrected chi connectivity index (χ3v) is 2.73. The molecule has 1 aromatic carbocycles. The fraction of sp³-hybridized carbons (Fsp3) is 0.182. The van der Waals surface area contributed by atoms with Crippen LogP contribution in [0.15, 0.2) is 24.3 Å². The molecule has 0 fully saturated rings. The van der Waals surface area contributed by atoms with E-state index in [1.165, 1.54) is 11.3 Å². The van der Waals surface area contributed by atoms with Crippen molar-refractivity contribution in [2.45, 2.75) is 12.8 Å². The van der Waals surface area contributed by atoms with E-state index in [9.17, 15) is 9.59 Å². The van der Waals surface area contributed by atoms with E-state index in [4.69, 9.17) is 15.9 Å². The third-order valence-electron chi connectivity index (χ3n) is 1.86. The van der Waals surface area contributed by atoms with Gasteiger partial charge in [-0.3, -0.25) is 9.59 Å². The summed E-state index contributed by atoms with van der Waals surface area (Å²) < 4.78 is 1.15. The number of nitrogens with zero attached hydrogens (tertiary/aromatic N) is 1. The maximum atomic E-state index is 9.64. The molecule has 18 heavy (non-hydrogen) atoms. The highest BCUT2D eigenvalue weighted by Crippen LogP contribution is 2.22. The van der Waals surface area contributed by atoms with Gasteiger partial charge in [-0.15, -0.1) is 0 Å². The average molecular weight is 268 g/mol. The Balaban J connectivity index is 0.000000187. The van der Waals surface area contributed by atoms with Gasteiger partial charge in [0.1, 0.15) is 0 Å². The number of carboxylic acid groups (broad SMARTS) is 2. The van der Waals surface area contributed by atoms with Crippen molar-refractivity contribution in [1.29, 1.82) is 0 Å². The smallest absolute Gasteiger partial charge is 0.303 e. The highest BCUT2D eigenvalue weighted by atomic mass is 32.1. The number of carboxylic acids is 2. The molecular weight excluding hydrogens is 256 g/mol. The van der Waals surface area contributed by atoms with Gasteiger partial charge in [0, 0.05) is 0 Å². The molecule has 0 saturated heterocycles. The molecule has 0 spiro atoms. The highest BCUT2D eigenvalue weighted by Gasteiger charge is 2.00. The van der Waals surface area contributed by atoms with Crippen molar-refractivity contribution in [3.8, 4) is 0 Å². The zero-order valence-electron chi connectivity index (χ0n) is 9.37. The minimum atomic E-state index is -1.08. The monoisotopic (exact) mass is 268 g/mol. The number of aromatic nitrogens is 1. The maximum Gasteiger partial charge on any atom is 0.303 e. The van der Waals surface area contributed by atoms with E-state index in [0.717, 1.165) is 10.2 Å². The van der Waals surface area contributed by atoms with Crippen LogP contribution in [-0.2, 0) is 9.59 Å². The summed E-state index contributed by atoms with van der Waals surface area (Å²) in [5, 5.41) is 16.4. The number of fused-ring (bicyclic) bond motifs is 1. The van der Waals surface area contributed by atoms with Crippen LogP contribution in [0.5, 0.6) is 0 Å². The molecular formula is C11H12N2O4S. The van der Waals surface area contributed by atoms with Crippen LogP contribution in [0.2, 0.25) is 0 Å². The number of anilines is 1. The van der Waals surface area contributed by atoms with E-state index >= 15 is 0 Å². The van der Waals surface area contributed by atoms with Crippen LogP contribution in [0.25, 0.3) is 10.2 Å². The summed E-state index contributed by atoms with van der Waals surface area (Å²) in [4.78, 5) is 23.4. The molecule has 0 unspecified atom stereocenters. The summed E-state index contributed by atoms with van der Waals surface area (Å²) in [5.41, 5.74) is 6.49. The van der Waals surface area contributed by atoms with Crippen LogP contribution in [0.3, 0.4) is 0 Å². The second-order valence-corrected chi connectivity index (χ2v) is 4.37. The Morgan fingerprint density at radius 1 is 1.17 bits per heavy atom. The minimum absolute atomic E-state index is 0.296. The number of nitrogen functional groups attached to an aromatic ring is 1. The number of carbonyl (C=O) groups is 2. The maximum absolute atomic E-state index is 9.64. The van der Waals surface area contributed by atoms with Gasteiger partial charge in [0.25, 0.3) is 0 Å². The zero-order chi connectivity index (χ0) is 13.5. The number of hydrogen-bond donors (Lipinski definition) is 3. The van der Waals surface area contributed by atoms with E-state index in [2.05, 4.69) is 4.98 Å². The van der Waals surface area contributed by atoms with Crippen molar-refractivity contribution in [3.63, 3.8) is 0 Å². The summed E-state index contributed by atoms with van der Waals surface area (Å²) in [5.74, 6) is -2.15. The summed E-state index contributed by atoms with van der Waals surface area (Å²) >= 11 is 1.52. The van der Waals surface area contributed by atoms with Gasteiger partial charge >= 0.3 is 11.9 Å².